The molecule has 0 saturated carbocycles. The highest BCUT2D eigenvalue weighted by Gasteiger charge is 2.13. The first-order valence-corrected chi connectivity index (χ1v) is 6.74. The van der Waals surface area contributed by atoms with E-state index in [-0.39, 0.29) is 5.91 Å². The SMILES string of the molecule is Cc1cccc(CN(C)C(=O)c2ccc3nc[nH]c3c2)n1. The minimum Gasteiger partial charge on any atom is -0.345 e. The van der Waals surface area contributed by atoms with Gasteiger partial charge in [-0.25, -0.2) is 4.98 Å². The number of fused-ring (bicyclic) bond motifs is 1. The second-order valence-electron chi connectivity index (χ2n) is 5.07. The Bertz CT molecular complexity index is 794. The number of hydrogen-bond donors (Lipinski definition) is 1. The molecule has 3 rings (SSSR count). The highest BCUT2D eigenvalue weighted by molar-refractivity contribution is 5.97. The van der Waals surface area contributed by atoms with Gasteiger partial charge in [-0.05, 0) is 37.3 Å². The third kappa shape index (κ3) is 2.76. The van der Waals surface area contributed by atoms with Crippen LogP contribution in [0.15, 0.2) is 42.7 Å². The first-order chi connectivity index (χ1) is 10.1. The van der Waals surface area contributed by atoms with Gasteiger partial charge in [0.25, 0.3) is 5.91 Å². The molecule has 0 fully saturated rings. The maximum Gasteiger partial charge on any atom is 0.254 e. The fraction of sp³-hybridized carbons (Fsp3) is 0.188. The van der Waals surface area contributed by atoms with Gasteiger partial charge in [0, 0.05) is 18.3 Å². The molecule has 0 unspecified atom stereocenters. The van der Waals surface area contributed by atoms with Gasteiger partial charge in [0.2, 0.25) is 0 Å². The summed E-state index contributed by atoms with van der Waals surface area (Å²) >= 11 is 0. The van der Waals surface area contributed by atoms with Gasteiger partial charge in [-0.15, -0.1) is 0 Å². The molecule has 0 saturated heterocycles. The van der Waals surface area contributed by atoms with E-state index >= 15 is 0 Å². The molecule has 106 valence electrons. The summed E-state index contributed by atoms with van der Waals surface area (Å²) in [7, 11) is 1.78. The Labute approximate surface area is 122 Å². The second-order valence-corrected chi connectivity index (χ2v) is 5.07. The lowest BCUT2D eigenvalue weighted by Gasteiger charge is -2.17. The number of aromatic amines is 1. The third-order valence-electron chi connectivity index (χ3n) is 3.36. The van der Waals surface area contributed by atoms with Crippen molar-refractivity contribution in [3.63, 3.8) is 0 Å². The van der Waals surface area contributed by atoms with Gasteiger partial charge in [0.05, 0.1) is 29.6 Å². The summed E-state index contributed by atoms with van der Waals surface area (Å²) in [6.07, 6.45) is 1.62. The van der Waals surface area contributed by atoms with Crippen molar-refractivity contribution in [3.05, 3.63) is 59.7 Å². The number of pyridine rings is 1. The Balaban J connectivity index is 1.80. The average Bonchev–Trinajstić information content (AvgIpc) is 2.93. The normalized spacial score (nSPS) is 10.8. The molecule has 2 aromatic heterocycles. The maximum absolute atomic E-state index is 12.5. The van der Waals surface area contributed by atoms with Crippen molar-refractivity contribution >= 4 is 16.9 Å². The van der Waals surface area contributed by atoms with Crippen LogP contribution in [0.2, 0.25) is 0 Å². The number of hydrogen-bond acceptors (Lipinski definition) is 3. The first-order valence-electron chi connectivity index (χ1n) is 6.74. The molecule has 3 aromatic rings. The summed E-state index contributed by atoms with van der Waals surface area (Å²) in [5.74, 6) is -0.0326. The van der Waals surface area contributed by atoms with Gasteiger partial charge >= 0.3 is 0 Å². The standard InChI is InChI=1S/C16H16N4O/c1-11-4-3-5-13(19-11)9-20(2)16(21)12-6-7-14-15(8-12)18-10-17-14/h3-8,10H,9H2,1-2H3,(H,17,18). The van der Waals surface area contributed by atoms with Gasteiger partial charge in [-0.1, -0.05) is 6.07 Å². The molecule has 0 atom stereocenters. The van der Waals surface area contributed by atoms with E-state index in [1.165, 1.54) is 0 Å². The van der Waals surface area contributed by atoms with Crippen molar-refractivity contribution in [2.75, 3.05) is 7.05 Å². The van der Waals surface area contributed by atoms with E-state index in [9.17, 15) is 4.79 Å². The minimum absolute atomic E-state index is 0.0326. The van der Waals surface area contributed by atoms with E-state index in [2.05, 4.69) is 15.0 Å². The van der Waals surface area contributed by atoms with E-state index in [4.69, 9.17) is 0 Å². The van der Waals surface area contributed by atoms with E-state index in [0.29, 0.717) is 12.1 Å². The molecule has 1 amide bonds. The van der Waals surface area contributed by atoms with Crippen molar-refractivity contribution < 1.29 is 4.79 Å². The summed E-state index contributed by atoms with van der Waals surface area (Å²) in [5.41, 5.74) is 4.19. The summed E-state index contributed by atoms with van der Waals surface area (Å²) in [6, 6.07) is 11.3. The third-order valence-corrected chi connectivity index (χ3v) is 3.36. The smallest absolute Gasteiger partial charge is 0.254 e. The summed E-state index contributed by atoms with van der Waals surface area (Å²) in [5, 5.41) is 0. The number of imidazole rings is 1. The molecule has 5 heteroatoms. The van der Waals surface area contributed by atoms with E-state index in [1.54, 1.807) is 24.3 Å². The number of aryl methyl sites for hydroxylation is 1. The van der Waals surface area contributed by atoms with Gasteiger partial charge in [0.15, 0.2) is 0 Å². The van der Waals surface area contributed by atoms with Crippen molar-refractivity contribution in [2.24, 2.45) is 0 Å². The van der Waals surface area contributed by atoms with Gasteiger partial charge in [-0.2, -0.15) is 0 Å². The topological polar surface area (TPSA) is 61.9 Å². The monoisotopic (exact) mass is 280 g/mol. The van der Waals surface area contributed by atoms with Crippen molar-refractivity contribution in [1.82, 2.24) is 19.9 Å². The molecule has 0 spiro atoms. The highest BCUT2D eigenvalue weighted by Crippen LogP contribution is 2.14. The molecular weight excluding hydrogens is 264 g/mol. The molecule has 0 aliphatic heterocycles. The largest absolute Gasteiger partial charge is 0.345 e. The number of carbonyl (C=O) groups excluding carboxylic acids is 1. The van der Waals surface area contributed by atoms with Crippen LogP contribution in [0.3, 0.4) is 0 Å². The Hall–Kier alpha value is -2.69. The fourth-order valence-corrected chi connectivity index (χ4v) is 2.29. The number of rotatable bonds is 3. The van der Waals surface area contributed by atoms with Crippen LogP contribution in [0, 0.1) is 6.92 Å². The highest BCUT2D eigenvalue weighted by atomic mass is 16.2. The van der Waals surface area contributed by atoms with Gasteiger partial charge in [0.1, 0.15) is 0 Å². The minimum atomic E-state index is -0.0326. The van der Waals surface area contributed by atoms with Gasteiger partial charge < -0.3 is 9.88 Å². The quantitative estimate of drug-likeness (QED) is 0.802. The molecule has 1 N–H and O–H groups in total. The van der Waals surface area contributed by atoms with Crippen LogP contribution < -0.4 is 0 Å². The van der Waals surface area contributed by atoms with Crippen LogP contribution in [0.5, 0.6) is 0 Å². The van der Waals surface area contributed by atoms with Crippen LogP contribution in [0.25, 0.3) is 11.0 Å². The lowest BCUT2D eigenvalue weighted by molar-refractivity contribution is 0.0783. The van der Waals surface area contributed by atoms with Crippen molar-refractivity contribution in [2.45, 2.75) is 13.5 Å². The van der Waals surface area contributed by atoms with E-state index in [0.717, 1.165) is 22.4 Å². The number of aromatic nitrogens is 3. The number of nitrogens with zero attached hydrogens (tertiary/aromatic N) is 3. The number of benzene rings is 1. The Morgan fingerprint density at radius 3 is 2.95 bits per heavy atom. The maximum atomic E-state index is 12.5. The van der Waals surface area contributed by atoms with Gasteiger partial charge in [-0.3, -0.25) is 9.78 Å². The van der Waals surface area contributed by atoms with E-state index in [1.807, 2.05) is 37.3 Å². The number of amides is 1. The Kier molecular flexibility index (Phi) is 3.39. The molecule has 1 aromatic carbocycles. The summed E-state index contributed by atoms with van der Waals surface area (Å²) in [4.78, 5) is 25.7. The molecule has 0 bridgehead atoms. The van der Waals surface area contributed by atoms with Crippen LogP contribution in [0.1, 0.15) is 21.7 Å². The van der Waals surface area contributed by atoms with Crippen LogP contribution >= 0.6 is 0 Å². The fourth-order valence-electron chi connectivity index (χ4n) is 2.29. The Morgan fingerprint density at radius 2 is 2.14 bits per heavy atom. The molecule has 0 aliphatic rings. The lowest BCUT2D eigenvalue weighted by atomic mass is 10.1. The summed E-state index contributed by atoms with van der Waals surface area (Å²) in [6.45, 7) is 2.43. The predicted molar refractivity (Wildman–Crippen MR) is 80.9 cm³/mol. The summed E-state index contributed by atoms with van der Waals surface area (Å²) < 4.78 is 0. The van der Waals surface area contributed by atoms with Crippen molar-refractivity contribution in [3.8, 4) is 0 Å². The van der Waals surface area contributed by atoms with Crippen molar-refractivity contribution in [1.29, 1.82) is 0 Å². The molecule has 21 heavy (non-hydrogen) atoms. The predicted octanol–water partition coefficient (Wildman–Crippen LogP) is 2.54. The zero-order valence-corrected chi connectivity index (χ0v) is 12.0. The molecule has 0 radical (unpaired) electrons. The zero-order chi connectivity index (χ0) is 14.8. The zero-order valence-electron chi connectivity index (χ0n) is 12.0. The molecule has 2 heterocycles. The van der Waals surface area contributed by atoms with Crippen LogP contribution in [-0.2, 0) is 6.54 Å². The number of carbonyl (C=O) groups is 1. The Morgan fingerprint density at radius 1 is 1.29 bits per heavy atom. The number of H-pyrrole nitrogens is 1. The molecule has 5 nitrogen and oxygen atoms in total. The molecular formula is C16H16N4O. The van der Waals surface area contributed by atoms with Crippen LogP contribution in [-0.4, -0.2) is 32.8 Å². The number of nitrogens with one attached hydrogen (secondary N) is 1. The first kappa shape index (κ1) is 13.3. The lowest BCUT2D eigenvalue weighted by Crippen LogP contribution is -2.26. The van der Waals surface area contributed by atoms with Crippen LogP contribution in [0.4, 0.5) is 0 Å². The second kappa shape index (κ2) is 5.36. The van der Waals surface area contributed by atoms with E-state index < -0.39 is 0 Å². The average molecular weight is 280 g/mol. The molecule has 0 aliphatic carbocycles.